The second-order valence-corrected chi connectivity index (χ2v) is 8.29. The Labute approximate surface area is 178 Å². The summed E-state index contributed by atoms with van der Waals surface area (Å²) in [5.41, 5.74) is 3.10. The number of benzene rings is 2. The van der Waals surface area contributed by atoms with Crippen molar-refractivity contribution in [2.24, 2.45) is 0 Å². The van der Waals surface area contributed by atoms with Crippen LogP contribution in [0.1, 0.15) is 18.2 Å². The highest BCUT2D eigenvalue weighted by atomic mass is 32.2. The number of rotatable bonds is 8. The maximum atomic E-state index is 12.4. The van der Waals surface area contributed by atoms with E-state index in [-0.39, 0.29) is 11.5 Å². The van der Waals surface area contributed by atoms with E-state index in [9.17, 15) is 13.8 Å². The standard InChI is InChI=1S/C23H24N2O4S/c1-3-17-9-11-18(12-10-17)24-22(26)14-30(28)15-23(27)25-20-7-5-4-6-19(20)21-13-8-16(2)29-21/h4-13H,3,14-15H2,1-2H3,(H,24,26)(H,25,27). The van der Waals surface area contributed by atoms with Gasteiger partial charge in [0.25, 0.3) is 0 Å². The van der Waals surface area contributed by atoms with Crippen molar-refractivity contribution in [3.63, 3.8) is 0 Å². The Morgan fingerprint density at radius 2 is 1.57 bits per heavy atom. The molecular formula is C23H24N2O4S. The van der Waals surface area contributed by atoms with Crippen LogP contribution in [-0.2, 0) is 26.8 Å². The molecule has 0 radical (unpaired) electrons. The van der Waals surface area contributed by atoms with Crippen molar-refractivity contribution in [1.29, 1.82) is 0 Å². The van der Waals surface area contributed by atoms with E-state index in [1.807, 2.05) is 43.3 Å². The lowest BCUT2D eigenvalue weighted by molar-refractivity contribution is -0.114. The molecule has 0 aliphatic carbocycles. The number of anilines is 2. The van der Waals surface area contributed by atoms with Crippen LogP contribution in [-0.4, -0.2) is 27.5 Å². The molecule has 7 heteroatoms. The molecule has 1 aromatic heterocycles. The molecular weight excluding hydrogens is 400 g/mol. The third-order valence-corrected chi connectivity index (χ3v) is 5.61. The Morgan fingerprint density at radius 1 is 0.900 bits per heavy atom. The van der Waals surface area contributed by atoms with Crippen LogP contribution in [0.25, 0.3) is 11.3 Å². The fourth-order valence-electron chi connectivity index (χ4n) is 2.94. The molecule has 156 valence electrons. The molecule has 0 saturated carbocycles. The normalized spacial score (nSPS) is 11.7. The molecule has 30 heavy (non-hydrogen) atoms. The van der Waals surface area contributed by atoms with Gasteiger partial charge in [-0.1, -0.05) is 31.2 Å². The molecule has 6 nitrogen and oxygen atoms in total. The molecule has 1 unspecified atom stereocenters. The summed E-state index contributed by atoms with van der Waals surface area (Å²) in [4.78, 5) is 24.5. The van der Waals surface area contributed by atoms with E-state index in [4.69, 9.17) is 4.42 Å². The molecule has 0 aliphatic rings. The Bertz CT molecular complexity index is 1060. The third kappa shape index (κ3) is 5.90. The van der Waals surface area contributed by atoms with Gasteiger partial charge in [-0.3, -0.25) is 13.8 Å². The zero-order valence-corrected chi connectivity index (χ0v) is 17.8. The van der Waals surface area contributed by atoms with Crippen LogP contribution in [0.4, 0.5) is 11.4 Å². The van der Waals surface area contributed by atoms with Gasteiger partial charge in [-0.05, 0) is 55.3 Å². The minimum atomic E-state index is -1.63. The van der Waals surface area contributed by atoms with Crippen molar-refractivity contribution in [3.05, 3.63) is 72.0 Å². The summed E-state index contributed by atoms with van der Waals surface area (Å²) in [5, 5.41) is 5.46. The molecule has 3 rings (SSSR count). The molecule has 0 fully saturated rings. The predicted molar refractivity (Wildman–Crippen MR) is 120 cm³/mol. The van der Waals surface area contributed by atoms with E-state index in [2.05, 4.69) is 17.6 Å². The number of carbonyl (C=O) groups excluding carboxylic acids is 2. The Hall–Kier alpha value is -3.19. The molecule has 2 aromatic carbocycles. The van der Waals surface area contributed by atoms with Gasteiger partial charge in [0.1, 0.15) is 23.0 Å². The van der Waals surface area contributed by atoms with Gasteiger partial charge in [0.05, 0.1) is 5.69 Å². The number of furan rings is 1. The number of amides is 2. The zero-order chi connectivity index (χ0) is 21.5. The number of carbonyl (C=O) groups is 2. The number of para-hydroxylation sites is 1. The SMILES string of the molecule is CCc1ccc(NC(=O)CS(=O)CC(=O)Nc2ccccc2-c2ccc(C)o2)cc1. The number of aryl methyl sites for hydroxylation is 2. The van der Waals surface area contributed by atoms with E-state index < -0.39 is 22.6 Å². The average Bonchev–Trinajstić information content (AvgIpc) is 3.14. The van der Waals surface area contributed by atoms with E-state index in [0.717, 1.165) is 17.7 Å². The Morgan fingerprint density at radius 3 is 2.20 bits per heavy atom. The molecule has 0 aliphatic heterocycles. The Balaban J connectivity index is 1.55. The first-order valence-electron chi connectivity index (χ1n) is 9.64. The van der Waals surface area contributed by atoms with Gasteiger partial charge in [0.15, 0.2) is 0 Å². The maximum absolute atomic E-state index is 12.4. The van der Waals surface area contributed by atoms with Crippen molar-refractivity contribution < 1.29 is 18.2 Å². The van der Waals surface area contributed by atoms with Crippen LogP contribution in [0.2, 0.25) is 0 Å². The van der Waals surface area contributed by atoms with Crippen LogP contribution in [0.3, 0.4) is 0 Å². The summed E-state index contributed by atoms with van der Waals surface area (Å²) in [5.74, 6) is 0.0666. The minimum Gasteiger partial charge on any atom is -0.461 e. The van der Waals surface area contributed by atoms with E-state index in [1.54, 1.807) is 24.3 Å². The first-order valence-corrected chi connectivity index (χ1v) is 11.1. The van der Waals surface area contributed by atoms with Crippen molar-refractivity contribution in [3.8, 4) is 11.3 Å². The minimum absolute atomic E-state index is 0.248. The van der Waals surface area contributed by atoms with Gasteiger partial charge >= 0.3 is 0 Å². The largest absolute Gasteiger partial charge is 0.461 e. The highest BCUT2D eigenvalue weighted by molar-refractivity contribution is 7.86. The molecule has 3 aromatic rings. The highest BCUT2D eigenvalue weighted by Gasteiger charge is 2.15. The monoisotopic (exact) mass is 424 g/mol. The van der Waals surface area contributed by atoms with Crippen LogP contribution in [0.15, 0.2) is 65.1 Å². The van der Waals surface area contributed by atoms with Crippen LogP contribution < -0.4 is 10.6 Å². The first-order chi connectivity index (χ1) is 14.4. The number of nitrogens with one attached hydrogen (secondary N) is 2. The third-order valence-electron chi connectivity index (χ3n) is 4.44. The molecule has 0 spiro atoms. The van der Waals surface area contributed by atoms with Gasteiger partial charge in [0.2, 0.25) is 11.8 Å². The van der Waals surface area contributed by atoms with Gasteiger partial charge in [-0.25, -0.2) is 0 Å². The maximum Gasteiger partial charge on any atom is 0.237 e. The second-order valence-electron chi connectivity index (χ2n) is 6.83. The number of hydrogen-bond donors (Lipinski definition) is 2. The van der Waals surface area contributed by atoms with Gasteiger partial charge in [-0.2, -0.15) is 0 Å². The summed E-state index contributed by atoms with van der Waals surface area (Å²) in [7, 11) is -1.63. The first kappa shape index (κ1) is 21.5. The summed E-state index contributed by atoms with van der Waals surface area (Å²) in [6.07, 6.45) is 0.913. The summed E-state index contributed by atoms with van der Waals surface area (Å²) in [6.45, 7) is 3.90. The van der Waals surface area contributed by atoms with Crippen LogP contribution in [0.5, 0.6) is 0 Å². The topological polar surface area (TPSA) is 88.4 Å². The molecule has 2 N–H and O–H groups in total. The molecule has 2 amide bonds. The van der Waals surface area contributed by atoms with E-state index >= 15 is 0 Å². The molecule has 0 bridgehead atoms. The smallest absolute Gasteiger partial charge is 0.237 e. The molecule has 1 atom stereocenters. The van der Waals surface area contributed by atoms with E-state index in [0.29, 0.717) is 17.1 Å². The van der Waals surface area contributed by atoms with Gasteiger partial charge < -0.3 is 15.1 Å². The summed E-state index contributed by atoms with van der Waals surface area (Å²) in [6, 6.07) is 18.4. The molecule has 1 heterocycles. The average molecular weight is 425 g/mol. The van der Waals surface area contributed by atoms with Crippen molar-refractivity contribution in [1.82, 2.24) is 0 Å². The van der Waals surface area contributed by atoms with Crippen molar-refractivity contribution in [2.75, 3.05) is 22.1 Å². The van der Waals surface area contributed by atoms with Gasteiger partial charge in [0, 0.05) is 22.1 Å². The van der Waals surface area contributed by atoms with Crippen molar-refractivity contribution in [2.45, 2.75) is 20.3 Å². The number of hydrogen-bond acceptors (Lipinski definition) is 4. The lowest BCUT2D eigenvalue weighted by Crippen LogP contribution is -2.26. The highest BCUT2D eigenvalue weighted by Crippen LogP contribution is 2.29. The fraction of sp³-hybridized carbons (Fsp3) is 0.217. The van der Waals surface area contributed by atoms with Gasteiger partial charge in [-0.15, -0.1) is 0 Å². The lowest BCUT2D eigenvalue weighted by atomic mass is 10.1. The quantitative estimate of drug-likeness (QED) is 0.569. The zero-order valence-electron chi connectivity index (χ0n) is 16.9. The van der Waals surface area contributed by atoms with Crippen LogP contribution >= 0.6 is 0 Å². The predicted octanol–water partition coefficient (Wildman–Crippen LogP) is 4.14. The fourth-order valence-corrected chi connectivity index (χ4v) is 3.77. The second kappa shape index (κ2) is 10.0. The Kier molecular flexibility index (Phi) is 7.19. The van der Waals surface area contributed by atoms with Crippen molar-refractivity contribution >= 4 is 34.0 Å². The van der Waals surface area contributed by atoms with Crippen LogP contribution in [0, 0.1) is 6.92 Å². The molecule has 0 saturated heterocycles. The lowest BCUT2D eigenvalue weighted by Gasteiger charge is -2.10. The summed E-state index contributed by atoms with van der Waals surface area (Å²) >= 11 is 0. The van der Waals surface area contributed by atoms with E-state index in [1.165, 1.54) is 5.56 Å². The summed E-state index contributed by atoms with van der Waals surface area (Å²) < 4.78 is 17.9.